The van der Waals surface area contributed by atoms with Gasteiger partial charge in [-0.3, -0.25) is 0 Å². The first-order chi connectivity index (χ1) is 7.54. The second-order valence-electron chi connectivity index (χ2n) is 3.47. The molecule has 0 fully saturated rings. The third kappa shape index (κ3) is 1.76. The van der Waals surface area contributed by atoms with E-state index >= 15 is 0 Å². The first-order valence-corrected chi connectivity index (χ1v) is 4.72. The number of alkyl halides is 3. The molecule has 0 aliphatic heterocycles. The molecule has 16 heavy (non-hydrogen) atoms. The van der Waals surface area contributed by atoms with Crippen molar-refractivity contribution in [3.8, 4) is 0 Å². The summed E-state index contributed by atoms with van der Waals surface area (Å²) < 4.78 is 38.0. The van der Waals surface area contributed by atoms with Crippen molar-refractivity contribution in [1.29, 1.82) is 0 Å². The van der Waals surface area contributed by atoms with Crippen molar-refractivity contribution < 1.29 is 18.3 Å². The van der Waals surface area contributed by atoms with Crippen molar-refractivity contribution in [3.05, 3.63) is 47.5 Å². The maximum absolute atomic E-state index is 12.7. The molecule has 2 aromatic rings. The average molecular weight is 226 g/mol. The van der Waals surface area contributed by atoms with Crippen LogP contribution in [0.15, 0.2) is 36.4 Å². The van der Waals surface area contributed by atoms with E-state index in [2.05, 4.69) is 0 Å². The molecule has 0 radical (unpaired) electrons. The zero-order valence-corrected chi connectivity index (χ0v) is 8.25. The van der Waals surface area contributed by atoms with Crippen LogP contribution in [0.4, 0.5) is 13.2 Å². The molecule has 84 valence electrons. The lowest BCUT2D eigenvalue weighted by atomic mass is 9.99. The van der Waals surface area contributed by atoms with Crippen molar-refractivity contribution in [1.82, 2.24) is 0 Å². The Morgan fingerprint density at radius 3 is 2.31 bits per heavy atom. The van der Waals surface area contributed by atoms with Gasteiger partial charge in [-0.05, 0) is 22.4 Å². The average Bonchev–Trinajstić information content (AvgIpc) is 2.26. The highest BCUT2D eigenvalue weighted by Gasteiger charge is 2.33. The molecule has 0 atom stereocenters. The molecular formula is C12H9F3O. The highest BCUT2D eigenvalue weighted by molar-refractivity contribution is 5.86. The number of hydrogen-bond donors (Lipinski definition) is 1. The number of benzene rings is 2. The fraction of sp³-hybridized carbons (Fsp3) is 0.167. The normalized spacial score (nSPS) is 12.0. The minimum atomic E-state index is -4.43. The molecule has 0 saturated carbocycles. The topological polar surface area (TPSA) is 20.2 Å². The van der Waals surface area contributed by atoms with E-state index in [1.807, 2.05) is 0 Å². The van der Waals surface area contributed by atoms with Crippen molar-refractivity contribution in [2.45, 2.75) is 12.8 Å². The summed E-state index contributed by atoms with van der Waals surface area (Å²) >= 11 is 0. The number of aliphatic hydroxyl groups excluding tert-OH is 1. The van der Waals surface area contributed by atoms with Gasteiger partial charge in [0.1, 0.15) is 0 Å². The first-order valence-electron chi connectivity index (χ1n) is 4.72. The fourth-order valence-corrected chi connectivity index (χ4v) is 1.77. The molecule has 0 bridgehead atoms. The van der Waals surface area contributed by atoms with Crippen LogP contribution >= 0.6 is 0 Å². The van der Waals surface area contributed by atoms with E-state index in [1.165, 1.54) is 6.07 Å². The lowest BCUT2D eigenvalue weighted by Crippen LogP contribution is -2.09. The van der Waals surface area contributed by atoms with Gasteiger partial charge in [0.15, 0.2) is 0 Å². The van der Waals surface area contributed by atoms with Gasteiger partial charge in [-0.2, -0.15) is 13.2 Å². The summed E-state index contributed by atoms with van der Waals surface area (Å²) in [6.45, 7) is -0.615. The molecule has 2 rings (SSSR count). The maximum Gasteiger partial charge on any atom is 0.416 e. The van der Waals surface area contributed by atoms with E-state index < -0.39 is 18.3 Å². The summed E-state index contributed by atoms with van der Waals surface area (Å²) in [6.07, 6.45) is -4.43. The lowest BCUT2D eigenvalue weighted by molar-refractivity contribution is -0.138. The van der Waals surface area contributed by atoms with Crippen LogP contribution in [-0.2, 0) is 12.8 Å². The molecule has 0 unspecified atom stereocenters. The Labute approximate surface area is 90.1 Å². The van der Waals surface area contributed by atoms with Crippen molar-refractivity contribution in [2.75, 3.05) is 0 Å². The zero-order valence-electron chi connectivity index (χ0n) is 8.25. The van der Waals surface area contributed by atoms with Gasteiger partial charge in [-0.15, -0.1) is 0 Å². The van der Waals surface area contributed by atoms with Gasteiger partial charge in [0.05, 0.1) is 12.2 Å². The number of halogens is 3. The standard InChI is InChI=1S/C12H9F3O/c13-12(14,15)11-6-5-8-3-1-2-4-9(8)10(11)7-16/h1-6,16H,7H2. The van der Waals surface area contributed by atoms with Gasteiger partial charge in [-0.25, -0.2) is 0 Å². The van der Waals surface area contributed by atoms with Crippen LogP contribution in [0.1, 0.15) is 11.1 Å². The Bertz CT molecular complexity index is 517. The summed E-state index contributed by atoms with van der Waals surface area (Å²) in [7, 11) is 0. The van der Waals surface area contributed by atoms with Crippen molar-refractivity contribution in [2.24, 2.45) is 0 Å². The van der Waals surface area contributed by atoms with Gasteiger partial charge in [0.25, 0.3) is 0 Å². The Morgan fingerprint density at radius 2 is 1.69 bits per heavy atom. The third-order valence-corrected chi connectivity index (χ3v) is 2.50. The lowest BCUT2D eigenvalue weighted by Gasteiger charge is -2.13. The van der Waals surface area contributed by atoms with E-state index in [4.69, 9.17) is 5.11 Å². The van der Waals surface area contributed by atoms with Crippen molar-refractivity contribution >= 4 is 10.8 Å². The minimum Gasteiger partial charge on any atom is -0.392 e. The van der Waals surface area contributed by atoms with E-state index in [9.17, 15) is 13.2 Å². The number of rotatable bonds is 1. The molecule has 0 amide bonds. The first kappa shape index (κ1) is 11.0. The molecule has 0 aromatic heterocycles. The summed E-state index contributed by atoms with van der Waals surface area (Å²) in [4.78, 5) is 0. The van der Waals surface area contributed by atoms with Crippen molar-refractivity contribution in [3.63, 3.8) is 0 Å². The minimum absolute atomic E-state index is 0.0643. The monoisotopic (exact) mass is 226 g/mol. The maximum atomic E-state index is 12.7. The quantitative estimate of drug-likeness (QED) is 0.790. The fourth-order valence-electron chi connectivity index (χ4n) is 1.77. The van der Waals surface area contributed by atoms with Crippen LogP contribution in [0.3, 0.4) is 0 Å². The molecule has 1 N–H and O–H groups in total. The van der Waals surface area contributed by atoms with Crippen LogP contribution in [0.2, 0.25) is 0 Å². The second kappa shape index (κ2) is 3.79. The molecule has 0 heterocycles. The molecule has 4 heteroatoms. The van der Waals surface area contributed by atoms with Gasteiger partial charge < -0.3 is 5.11 Å². The summed E-state index contributed by atoms with van der Waals surface area (Å²) in [6, 6.07) is 9.12. The van der Waals surface area contributed by atoms with Crippen LogP contribution in [-0.4, -0.2) is 5.11 Å². The van der Waals surface area contributed by atoms with E-state index in [0.717, 1.165) is 6.07 Å². The van der Waals surface area contributed by atoms with Gasteiger partial charge in [-0.1, -0.05) is 30.3 Å². The largest absolute Gasteiger partial charge is 0.416 e. The molecular weight excluding hydrogens is 217 g/mol. The van der Waals surface area contributed by atoms with Crippen LogP contribution < -0.4 is 0 Å². The molecule has 0 saturated heterocycles. The van der Waals surface area contributed by atoms with E-state index in [-0.39, 0.29) is 5.56 Å². The molecule has 0 aliphatic rings. The van der Waals surface area contributed by atoms with Crippen LogP contribution in [0.5, 0.6) is 0 Å². The Kier molecular flexibility index (Phi) is 2.59. The van der Waals surface area contributed by atoms with E-state index in [0.29, 0.717) is 10.8 Å². The van der Waals surface area contributed by atoms with Crippen LogP contribution in [0, 0.1) is 0 Å². The molecule has 1 nitrogen and oxygen atoms in total. The summed E-state index contributed by atoms with van der Waals surface area (Å²) in [5.41, 5.74) is -0.834. The predicted molar refractivity (Wildman–Crippen MR) is 54.9 cm³/mol. The smallest absolute Gasteiger partial charge is 0.392 e. The SMILES string of the molecule is OCc1c(C(F)(F)F)ccc2ccccc12. The highest BCUT2D eigenvalue weighted by Crippen LogP contribution is 2.35. The second-order valence-corrected chi connectivity index (χ2v) is 3.47. The highest BCUT2D eigenvalue weighted by atomic mass is 19.4. The Balaban J connectivity index is 2.78. The molecule has 0 aliphatic carbocycles. The van der Waals surface area contributed by atoms with Crippen LogP contribution in [0.25, 0.3) is 10.8 Å². The van der Waals surface area contributed by atoms with Gasteiger partial charge in [0, 0.05) is 0 Å². The summed E-state index contributed by atoms with van der Waals surface area (Å²) in [5.74, 6) is 0. The Hall–Kier alpha value is -1.55. The number of hydrogen-bond acceptors (Lipinski definition) is 1. The third-order valence-electron chi connectivity index (χ3n) is 2.50. The summed E-state index contributed by atoms with van der Waals surface area (Å²) in [5, 5.41) is 10.2. The zero-order chi connectivity index (χ0) is 11.8. The number of fused-ring (bicyclic) bond motifs is 1. The van der Waals surface area contributed by atoms with Gasteiger partial charge >= 0.3 is 6.18 Å². The predicted octanol–water partition coefficient (Wildman–Crippen LogP) is 3.35. The molecule has 0 spiro atoms. The van der Waals surface area contributed by atoms with Gasteiger partial charge in [0.2, 0.25) is 0 Å². The number of aliphatic hydroxyl groups is 1. The van der Waals surface area contributed by atoms with E-state index in [1.54, 1.807) is 24.3 Å². The molecule has 2 aromatic carbocycles. The Morgan fingerprint density at radius 1 is 1.00 bits per heavy atom.